The van der Waals surface area contributed by atoms with Crippen LogP contribution in [-0.4, -0.2) is 4.98 Å². The lowest BCUT2D eigenvalue weighted by molar-refractivity contribution is 1.18. The fourth-order valence-corrected chi connectivity index (χ4v) is 3.75. The molecule has 18 heavy (non-hydrogen) atoms. The number of halogens is 2. The van der Waals surface area contributed by atoms with Crippen LogP contribution < -0.4 is 5.32 Å². The van der Waals surface area contributed by atoms with E-state index in [1.807, 2.05) is 30.3 Å². The van der Waals surface area contributed by atoms with E-state index in [2.05, 4.69) is 10.3 Å². The maximum absolute atomic E-state index is 5.95. The molecule has 0 aliphatic heterocycles. The quantitative estimate of drug-likeness (QED) is 0.711. The Balaban J connectivity index is 1.78. The van der Waals surface area contributed by atoms with Crippen molar-refractivity contribution in [2.45, 2.75) is 6.54 Å². The number of aromatic nitrogens is 1. The van der Waals surface area contributed by atoms with Gasteiger partial charge in [0.2, 0.25) is 0 Å². The SMILES string of the molecule is Clc1ccc2nc(NCc3ccc(Cl)s3)sc2c1. The van der Waals surface area contributed by atoms with Crippen molar-refractivity contribution in [3.8, 4) is 0 Å². The largest absolute Gasteiger partial charge is 0.357 e. The van der Waals surface area contributed by atoms with Crippen molar-refractivity contribution in [2.24, 2.45) is 0 Å². The van der Waals surface area contributed by atoms with Crippen molar-refractivity contribution in [1.29, 1.82) is 0 Å². The summed E-state index contributed by atoms with van der Waals surface area (Å²) in [6.45, 7) is 0.741. The molecule has 1 aromatic carbocycles. The van der Waals surface area contributed by atoms with Gasteiger partial charge in [-0.15, -0.1) is 11.3 Å². The van der Waals surface area contributed by atoms with E-state index in [1.165, 1.54) is 4.88 Å². The summed E-state index contributed by atoms with van der Waals surface area (Å²) in [5.74, 6) is 0. The third-order valence-corrected chi connectivity index (χ3v) is 4.84. The Kier molecular flexibility index (Phi) is 3.43. The van der Waals surface area contributed by atoms with Gasteiger partial charge in [-0.3, -0.25) is 0 Å². The van der Waals surface area contributed by atoms with E-state index in [9.17, 15) is 0 Å². The van der Waals surface area contributed by atoms with Crippen molar-refractivity contribution in [3.63, 3.8) is 0 Å². The smallest absolute Gasteiger partial charge is 0.184 e. The summed E-state index contributed by atoms with van der Waals surface area (Å²) in [6, 6.07) is 9.64. The van der Waals surface area contributed by atoms with Crippen LogP contribution in [0.15, 0.2) is 30.3 Å². The Hall–Kier alpha value is -0.810. The molecular formula is C12H8Cl2N2S2. The Morgan fingerprint density at radius 2 is 2.00 bits per heavy atom. The zero-order chi connectivity index (χ0) is 12.5. The Morgan fingerprint density at radius 1 is 1.11 bits per heavy atom. The van der Waals surface area contributed by atoms with E-state index in [0.717, 1.165) is 31.3 Å². The summed E-state index contributed by atoms with van der Waals surface area (Å²) in [5.41, 5.74) is 0.969. The number of fused-ring (bicyclic) bond motifs is 1. The van der Waals surface area contributed by atoms with Gasteiger partial charge in [-0.25, -0.2) is 4.98 Å². The van der Waals surface area contributed by atoms with Gasteiger partial charge in [-0.2, -0.15) is 0 Å². The van der Waals surface area contributed by atoms with Crippen molar-refractivity contribution >= 4 is 61.2 Å². The number of rotatable bonds is 3. The third kappa shape index (κ3) is 2.62. The number of nitrogens with one attached hydrogen (secondary N) is 1. The molecule has 3 aromatic rings. The number of hydrogen-bond donors (Lipinski definition) is 1. The Morgan fingerprint density at radius 3 is 2.78 bits per heavy atom. The highest BCUT2D eigenvalue weighted by atomic mass is 35.5. The molecule has 92 valence electrons. The van der Waals surface area contributed by atoms with Gasteiger partial charge in [0.05, 0.1) is 21.1 Å². The van der Waals surface area contributed by atoms with Crippen molar-refractivity contribution in [3.05, 3.63) is 44.6 Å². The minimum Gasteiger partial charge on any atom is -0.357 e. The standard InChI is InChI=1S/C12H8Cl2N2S2/c13-7-1-3-9-10(5-7)18-12(16-9)15-6-8-2-4-11(14)17-8/h1-5H,6H2,(H,15,16). The third-order valence-electron chi connectivity index (χ3n) is 2.39. The first-order valence-corrected chi connectivity index (χ1v) is 7.64. The van der Waals surface area contributed by atoms with E-state index < -0.39 is 0 Å². The number of thiophene rings is 1. The van der Waals surface area contributed by atoms with Gasteiger partial charge < -0.3 is 5.32 Å². The Bertz CT molecular complexity index is 690. The molecule has 0 radical (unpaired) electrons. The normalized spacial score (nSPS) is 11.0. The fraction of sp³-hybridized carbons (Fsp3) is 0.0833. The number of anilines is 1. The lowest BCUT2D eigenvalue weighted by Gasteiger charge is -1.98. The van der Waals surface area contributed by atoms with E-state index in [4.69, 9.17) is 23.2 Å². The molecule has 3 rings (SSSR count). The molecule has 2 nitrogen and oxygen atoms in total. The summed E-state index contributed by atoms with van der Waals surface area (Å²) < 4.78 is 1.90. The van der Waals surface area contributed by atoms with E-state index in [-0.39, 0.29) is 0 Å². The average molecular weight is 315 g/mol. The number of benzene rings is 1. The fourth-order valence-electron chi connectivity index (χ4n) is 1.58. The lowest BCUT2D eigenvalue weighted by atomic mass is 10.3. The highest BCUT2D eigenvalue weighted by Crippen LogP contribution is 2.29. The summed E-state index contributed by atoms with van der Waals surface area (Å²) in [7, 11) is 0. The van der Waals surface area contributed by atoms with Crippen LogP contribution in [0.2, 0.25) is 9.36 Å². The molecule has 0 spiro atoms. The molecule has 0 atom stereocenters. The highest BCUT2D eigenvalue weighted by molar-refractivity contribution is 7.22. The average Bonchev–Trinajstić information content (AvgIpc) is 2.92. The van der Waals surface area contributed by atoms with Crippen LogP contribution in [-0.2, 0) is 6.54 Å². The second kappa shape index (κ2) is 5.05. The summed E-state index contributed by atoms with van der Waals surface area (Å²) in [4.78, 5) is 5.69. The van der Waals surface area contributed by atoms with Crippen LogP contribution in [0.1, 0.15) is 4.88 Å². The monoisotopic (exact) mass is 314 g/mol. The van der Waals surface area contributed by atoms with Gasteiger partial charge in [0.1, 0.15) is 0 Å². The van der Waals surface area contributed by atoms with Crippen molar-refractivity contribution in [2.75, 3.05) is 5.32 Å². The second-order valence-corrected chi connectivity index (χ2v) is 6.96. The minimum atomic E-state index is 0.739. The van der Waals surface area contributed by atoms with Gasteiger partial charge in [-0.1, -0.05) is 34.5 Å². The van der Waals surface area contributed by atoms with Crippen LogP contribution in [0, 0.1) is 0 Å². The van der Waals surface area contributed by atoms with Gasteiger partial charge >= 0.3 is 0 Å². The van der Waals surface area contributed by atoms with Crippen LogP contribution in [0.3, 0.4) is 0 Å². The number of hydrogen-bond acceptors (Lipinski definition) is 4. The second-order valence-electron chi connectivity index (χ2n) is 3.69. The van der Waals surface area contributed by atoms with Crippen molar-refractivity contribution < 1.29 is 0 Å². The molecule has 0 bridgehead atoms. The van der Waals surface area contributed by atoms with E-state index in [0.29, 0.717) is 0 Å². The molecule has 0 saturated heterocycles. The molecule has 2 heterocycles. The number of thiazole rings is 1. The maximum Gasteiger partial charge on any atom is 0.184 e. The summed E-state index contributed by atoms with van der Waals surface area (Å²) >= 11 is 15.0. The molecule has 2 aromatic heterocycles. The predicted octanol–water partition coefficient (Wildman–Crippen LogP) is 5.28. The van der Waals surface area contributed by atoms with Crippen LogP contribution in [0.25, 0.3) is 10.2 Å². The highest BCUT2D eigenvalue weighted by Gasteiger charge is 2.04. The first-order chi connectivity index (χ1) is 8.70. The Labute approximate surface area is 122 Å². The molecule has 0 amide bonds. The molecule has 6 heteroatoms. The van der Waals surface area contributed by atoms with E-state index >= 15 is 0 Å². The van der Waals surface area contributed by atoms with Crippen molar-refractivity contribution in [1.82, 2.24) is 4.98 Å². The first kappa shape index (κ1) is 12.2. The minimum absolute atomic E-state index is 0.739. The van der Waals surface area contributed by atoms with E-state index in [1.54, 1.807) is 22.7 Å². The lowest BCUT2D eigenvalue weighted by Crippen LogP contribution is -1.95. The maximum atomic E-state index is 5.95. The summed E-state index contributed by atoms with van der Waals surface area (Å²) in [5, 5.41) is 4.94. The molecule has 1 N–H and O–H groups in total. The van der Waals surface area contributed by atoms with Crippen LogP contribution in [0.5, 0.6) is 0 Å². The molecule has 0 fully saturated rings. The molecule has 0 saturated carbocycles. The first-order valence-electron chi connectivity index (χ1n) is 5.25. The zero-order valence-electron chi connectivity index (χ0n) is 9.11. The molecule has 0 aliphatic rings. The van der Waals surface area contributed by atoms with Crippen LogP contribution >= 0.6 is 45.9 Å². The number of nitrogens with zero attached hydrogens (tertiary/aromatic N) is 1. The van der Waals surface area contributed by atoms with Gasteiger partial charge in [0.25, 0.3) is 0 Å². The van der Waals surface area contributed by atoms with Gasteiger partial charge in [-0.05, 0) is 30.3 Å². The molecule has 0 aliphatic carbocycles. The zero-order valence-corrected chi connectivity index (χ0v) is 12.3. The topological polar surface area (TPSA) is 24.9 Å². The predicted molar refractivity (Wildman–Crippen MR) is 81.3 cm³/mol. The van der Waals surface area contributed by atoms with Gasteiger partial charge in [0.15, 0.2) is 5.13 Å². The molecular weight excluding hydrogens is 307 g/mol. The summed E-state index contributed by atoms with van der Waals surface area (Å²) in [6.07, 6.45) is 0. The molecule has 0 unspecified atom stereocenters. The van der Waals surface area contributed by atoms with Crippen LogP contribution in [0.4, 0.5) is 5.13 Å². The van der Waals surface area contributed by atoms with Gasteiger partial charge in [0, 0.05) is 9.90 Å².